The van der Waals surface area contributed by atoms with Gasteiger partial charge in [-0.2, -0.15) is 0 Å². The van der Waals surface area contributed by atoms with Crippen LogP contribution in [-0.4, -0.2) is 55.4 Å². The molecule has 0 unspecified atom stereocenters. The average molecular weight is 363 g/mol. The summed E-state index contributed by atoms with van der Waals surface area (Å²) in [6.45, 7) is 5.57. The highest BCUT2D eigenvalue weighted by Crippen LogP contribution is 2.29. The molecule has 8 heteroatoms. The third-order valence-electron chi connectivity index (χ3n) is 5.55. The van der Waals surface area contributed by atoms with Gasteiger partial charge in [-0.05, 0) is 24.5 Å². The molecule has 1 fully saturated rings. The second kappa shape index (κ2) is 6.29. The Morgan fingerprint density at radius 3 is 2.81 bits per heavy atom. The van der Waals surface area contributed by atoms with Crippen LogP contribution in [0.15, 0.2) is 30.6 Å². The van der Waals surface area contributed by atoms with Crippen molar-refractivity contribution in [3.8, 4) is 0 Å². The molecule has 0 bridgehead atoms. The molecule has 0 N–H and O–H groups in total. The number of nitrogens with zero attached hydrogens (tertiary/aromatic N) is 7. The van der Waals surface area contributed by atoms with E-state index in [9.17, 15) is 4.79 Å². The highest BCUT2D eigenvalue weighted by Gasteiger charge is 2.38. The van der Waals surface area contributed by atoms with Crippen LogP contribution in [0.4, 0.5) is 5.82 Å². The number of amides is 1. The highest BCUT2D eigenvalue weighted by atomic mass is 16.2. The topological polar surface area (TPSA) is 80.0 Å². The van der Waals surface area contributed by atoms with Crippen molar-refractivity contribution in [3.05, 3.63) is 41.7 Å². The van der Waals surface area contributed by atoms with E-state index in [4.69, 9.17) is 0 Å². The zero-order valence-corrected chi connectivity index (χ0v) is 15.2. The first-order chi connectivity index (χ1) is 13.2. The third-order valence-corrected chi connectivity index (χ3v) is 5.55. The van der Waals surface area contributed by atoms with Crippen molar-refractivity contribution in [2.75, 3.05) is 24.5 Å². The Bertz CT molecular complexity index is 1010. The van der Waals surface area contributed by atoms with E-state index in [2.05, 4.69) is 43.4 Å². The van der Waals surface area contributed by atoms with E-state index in [0.717, 1.165) is 24.4 Å². The normalized spacial score (nSPS) is 17.1. The number of aromatic nitrogens is 5. The van der Waals surface area contributed by atoms with Crippen molar-refractivity contribution in [3.63, 3.8) is 0 Å². The van der Waals surface area contributed by atoms with E-state index >= 15 is 0 Å². The van der Waals surface area contributed by atoms with Crippen LogP contribution in [0.25, 0.3) is 11.2 Å². The standard InChI is InChI=1S/C19H21N7O/c1-2-26-18-16(22-23-26)17(20-12-21-18)25-10-15(11-25)19(27)24-8-7-13-5-3-4-6-14(13)9-24/h3-6,12,15H,2,7-11H2,1H3. The fraction of sp³-hybridized carbons (Fsp3) is 0.421. The molecule has 2 aliphatic rings. The van der Waals surface area contributed by atoms with Crippen molar-refractivity contribution in [1.29, 1.82) is 0 Å². The van der Waals surface area contributed by atoms with Gasteiger partial charge in [0, 0.05) is 32.7 Å². The first-order valence-electron chi connectivity index (χ1n) is 9.39. The number of benzene rings is 1. The Morgan fingerprint density at radius 2 is 2.00 bits per heavy atom. The van der Waals surface area contributed by atoms with Crippen LogP contribution in [0.3, 0.4) is 0 Å². The zero-order chi connectivity index (χ0) is 18.4. The molecule has 1 amide bonds. The number of fused-ring (bicyclic) bond motifs is 2. The zero-order valence-electron chi connectivity index (χ0n) is 15.2. The van der Waals surface area contributed by atoms with E-state index < -0.39 is 0 Å². The van der Waals surface area contributed by atoms with Crippen LogP contribution in [0.2, 0.25) is 0 Å². The van der Waals surface area contributed by atoms with Gasteiger partial charge in [-0.3, -0.25) is 4.79 Å². The number of carbonyl (C=O) groups excluding carboxylic acids is 1. The van der Waals surface area contributed by atoms with Gasteiger partial charge >= 0.3 is 0 Å². The van der Waals surface area contributed by atoms with Crippen LogP contribution in [0.1, 0.15) is 18.1 Å². The van der Waals surface area contributed by atoms with Crippen LogP contribution < -0.4 is 4.90 Å². The summed E-state index contributed by atoms with van der Waals surface area (Å²) in [5.74, 6) is 1.03. The van der Waals surface area contributed by atoms with Gasteiger partial charge in [0.2, 0.25) is 5.91 Å². The predicted octanol–water partition coefficient (Wildman–Crippen LogP) is 1.26. The van der Waals surface area contributed by atoms with Crippen molar-refractivity contribution >= 4 is 22.9 Å². The van der Waals surface area contributed by atoms with E-state index in [1.807, 2.05) is 17.9 Å². The molecule has 1 saturated heterocycles. The van der Waals surface area contributed by atoms with Crippen molar-refractivity contribution in [1.82, 2.24) is 29.9 Å². The lowest BCUT2D eigenvalue weighted by Gasteiger charge is -2.42. The quantitative estimate of drug-likeness (QED) is 0.697. The molecular weight excluding hydrogens is 342 g/mol. The molecule has 4 heterocycles. The lowest BCUT2D eigenvalue weighted by atomic mass is 9.95. The summed E-state index contributed by atoms with van der Waals surface area (Å²) in [6, 6.07) is 8.39. The molecule has 0 spiro atoms. The molecule has 2 aliphatic heterocycles. The SMILES string of the molecule is CCn1nnc2c(N3CC(C(=O)N4CCc5ccccc5C4)C3)ncnc21. The molecule has 0 aliphatic carbocycles. The highest BCUT2D eigenvalue weighted by molar-refractivity contribution is 5.86. The maximum Gasteiger partial charge on any atom is 0.229 e. The number of hydrogen-bond donors (Lipinski definition) is 0. The predicted molar refractivity (Wildman–Crippen MR) is 100 cm³/mol. The molecule has 138 valence electrons. The number of rotatable bonds is 3. The molecule has 5 rings (SSSR count). The van der Waals surface area contributed by atoms with Crippen LogP contribution >= 0.6 is 0 Å². The van der Waals surface area contributed by atoms with Gasteiger partial charge in [-0.1, -0.05) is 29.5 Å². The van der Waals surface area contributed by atoms with Gasteiger partial charge in [0.05, 0.1) is 5.92 Å². The largest absolute Gasteiger partial charge is 0.353 e. The molecule has 1 aromatic carbocycles. The van der Waals surface area contributed by atoms with Gasteiger partial charge < -0.3 is 9.80 Å². The second-order valence-electron chi connectivity index (χ2n) is 7.16. The summed E-state index contributed by atoms with van der Waals surface area (Å²) in [7, 11) is 0. The molecule has 0 radical (unpaired) electrons. The fourth-order valence-electron chi connectivity index (χ4n) is 3.97. The smallest absolute Gasteiger partial charge is 0.229 e. The van der Waals surface area contributed by atoms with Crippen molar-refractivity contribution in [2.24, 2.45) is 5.92 Å². The minimum atomic E-state index is 0.0153. The Labute approximate surface area is 156 Å². The minimum absolute atomic E-state index is 0.0153. The number of hydrogen-bond acceptors (Lipinski definition) is 6. The van der Waals surface area contributed by atoms with Crippen LogP contribution in [0, 0.1) is 5.92 Å². The number of anilines is 1. The van der Waals surface area contributed by atoms with E-state index in [-0.39, 0.29) is 11.8 Å². The molecule has 3 aromatic rings. The molecule has 27 heavy (non-hydrogen) atoms. The average Bonchev–Trinajstić information content (AvgIpc) is 3.10. The Morgan fingerprint density at radius 1 is 1.19 bits per heavy atom. The summed E-state index contributed by atoms with van der Waals surface area (Å²) >= 11 is 0. The molecule has 2 aromatic heterocycles. The summed E-state index contributed by atoms with van der Waals surface area (Å²) in [5.41, 5.74) is 4.07. The van der Waals surface area contributed by atoms with E-state index in [1.54, 1.807) is 11.0 Å². The Balaban J connectivity index is 1.29. The number of carbonyl (C=O) groups is 1. The lowest BCUT2D eigenvalue weighted by molar-refractivity contribution is -0.137. The van der Waals surface area contributed by atoms with E-state index in [0.29, 0.717) is 31.7 Å². The Hall–Kier alpha value is -3.03. The third kappa shape index (κ3) is 2.63. The minimum Gasteiger partial charge on any atom is -0.353 e. The first-order valence-corrected chi connectivity index (χ1v) is 9.39. The summed E-state index contributed by atoms with van der Waals surface area (Å²) in [6.07, 6.45) is 2.48. The maximum atomic E-state index is 12.9. The molecule has 8 nitrogen and oxygen atoms in total. The van der Waals surface area contributed by atoms with Crippen LogP contribution in [0.5, 0.6) is 0 Å². The summed E-state index contributed by atoms with van der Waals surface area (Å²) in [5, 5.41) is 8.35. The van der Waals surface area contributed by atoms with Gasteiger partial charge in [-0.15, -0.1) is 5.10 Å². The fourth-order valence-corrected chi connectivity index (χ4v) is 3.97. The van der Waals surface area contributed by atoms with Crippen LogP contribution in [-0.2, 0) is 24.3 Å². The monoisotopic (exact) mass is 363 g/mol. The van der Waals surface area contributed by atoms with Gasteiger partial charge in [0.25, 0.3) is 0 Å². The van der Waals surface area contributed by atoms with Gasteiger partial charge in [-0.25, -0.2) is 14.6 Å². The molecule has 0 saturated carbocycles. The second-order valence-corrected chi connectivity index (χ2v) is 7.16. The Kier molecular flexibility index (Phi) is 3.77. The molecule has 0 atom stereocenters. The molecular formula is C19H21N7O. The van der Waals surface area contributed by atoms with Crippen molar-refractivity contribution in [2.45, 2.75) is 26.4 Å². The van der Waals surface area contributed by atoms with Crippen molar-refractivity contribution < 1.29 is 4.79 Å². The van der Waals surface area contributed by atoms with Gasteiger partial charge in [0.15, 0.2) is 17.0 Å². The maximum absolute atomic E-state index is 12.9. The van der Waals surface area contributed by atoms with E-state index in [1.165, 1.54) is 11.1 Å². The summed E-state index contributed by atoms with van der Waals surface area (Å²) in [4.78, 5) is 25.7. The summed E-state index contributed by atoms with van der Waals surface area (Å²) < 4.78 is 1.76. The lowest BCUT2D eigenvalue weighted by Crippen LogP contribution is -2.55. The van der Waals surface area contributed by atoms with Gasteiger partial charge in [0.1, 0.15) is 6.33 Å². The number of aryl methyl sites for hydroxylation is 1. The first kappa shape index (κ1) is 16.2.